The molecule has 6 heteroatoms. The maximum Gasteiger partial charge on any atom is 0.335 e. The van der Waals surface area contributed by atoms with Crippen molar-refractivity contribution in [2.24, 2.45) is 0 Å². The van der Waals surface area contributed by atoms with Gasteiger partial charge in [-0.2, -0.15) is 0 Å². The number of hydrogen-bond donors (Lipinski definition) is 2. The molecule has 0 unspecified atom stereocenters. The molecule has 0 saturated heterocycles. The number of carboxylic acid groups (broad SMARTS) is 1. The van der Waals surface area contributed by atoms with Gasteiger partial charge in [-0.05, 0) is 42.5 Å². The van der Waals surface area contributed by atoms with E-state index in [-0.39, 0.29) is 24.4 Å². The van der Waals surface area contributed by atoms with Crippen LogP contribution in [0.3, 0.4) is 0 Å². The first-order valence-electron chi connectivity index (χ1n) is 9.45. The van der Waals surface area contributed by atoms with E-state index in [0.29, 0.717) is 17.5 Å². The molecule has 0 aromatic heterocycles. The normalized spacial score (nSPS) is 15.4. The van der Waals surface area contributed by atoms with E-state index in [1.807, 2.05) is 0 Å². The molecule has 3 rings (SSSR count). The van der Waals surface area contributed by atoms with E-state index in [1.54, 1.807) is 18.2 Å². The Labute approximate surface area is 162 Å². The SMILES string of the molecule is O=C(CCc1ccccc1C(=O)O)NCC1(c2ccc(F)cc2F)CCCC1. The average molecular weight is 387 g/mol. The van der Waals surface area contributed by atoms with Gasteiger partial charge in [-0.25, -0.2) is 13.6 Å². The van der Waals surface area contributed by atoms with Crippen LogP contribution in [-0.2, 0) is 16.6 Å². The van der Waals surface area contributed by atoms with E-state index < -0.39 is 23.0 Å². The molecular formula is C22H23F2NO3. The molecule has 28 heavy (non-hydrogen) atoms. The summed E-state index contributed by atoms with van der Waals surface area (Å²) in [6.45, 7) is 0.287. The highest BCUT2D eigenvalue weighted by Gasteiger charge is 2.38. The number of carboxylic acids is 1. The molecule has 1 amide bonds. The topological polar surface area (TPSA) is 66.4 Å². The Kier molecular flexibility index (Phi) is 6.07. The van der Waals surface area contributed by atoms with Crippen molar-refractivity contribution in [1.29, 1.82) is 0 Å². The van der Waals surface area contributed by atoms with Gasteiger partial charge in [0, 0.05) is 24.4 Å². The van der Waals surface area contributed by atoms with Gasteiger partial charge in [-0.15, -0.1) is 0 Å². The quantitative estimate of drug-likeness (QED) is 0.747. The highest BCUT2D eigenvalue weighted by Crippen LogP contribution is 2.41. The summed E-state index contributed by atoms with van der Waals surface area (Å²) in [5.74, 6) is -2.43. The van der Waals surface area contributed by atoms with E-state index in [0.717, 1.165) is 31.7 Å². The van der Waals surface area contributed by atoms with Crippen molar-refractivity contribution in [2.45, 2.75) is 43.9 Å². The Balaban J connectivity index is 1.65. The monoisotopic (exact) mass is 387 g/mol. The molecule has 1 aliphatic rings. The Hall–Kier alpha value is -2.76. The lowest BCUT2D eigenvalue weighted by atomic mass is 9.78. The third kappa shape index (κ3) is 4.38. The predicted molar refractivity (Wildman–Crippen MR) is 101 cm³/mol. The zero-order chi connectivity index (χ0) is 20.1. The van der Waals surface area contributed by atoms with Crippen molar-refractivity contribution >= 4 is 11.9 Å². The largest absolute Gasteiger partial charge is 0.478 e. The minimum absolute atomic E-state index is 0.145. The summed E-state index contributed by atoms with van der Waals surface area (Å²) in [5, 5.41) is 12.1. The number of aryl methyl sites for hydroxylation is 1. The number of hydrogen-bond acceptors (Lipinski definition) is 2. The molecule has 2 N–H and O–H groups in total. The summed E-state index contributed by atoms with van der Waals surface area (Å²) in [6.07, 6.45) is 3.78. The third-order valence-electron chi connectivity index (χ3n) is 5.56. The summed E-state index contributed by atoms with van der Waals surface area (Å²) in [5.41, 5.74) is 0.719. The molecule has 1 saturated carbocycles. The van der Waals surface area contributed by atoms with Gasteiger partial charge in [0.1, 0.15) is 11.6 Å². The van der Waals surface area contributed by atoms with E-state index >= 15 is 0 Å². The molecule has 0 aliphatic heterocycles. The number of aromatic carboxylic acids is 1. The van der Waals surface area contributed by atoms with Crippen molar-refractivity contribution in [3.8, 4) is 0 Å². The zero-order valence-corrected chi connectivity index (χ0v) is 15.5. The van der Waals surface area contributed by atoms with Gasteiger partial charge in [0.15, 0.2) is 0 Å². The molecule has 0 radical (unpaired) electrons. The van der Waals surface area contributed by atoms with Crippen LogP contribution in [-0.4, -0.2) is 23.5 Å². The number of halogens is 2. The molecule has 1 fully saturated rings. The van der Waals surface area contributed by atoms with Gasteiger partial charge < -0.3 is 10.4 Å². The van der Waals surface area contributed by atoms with Gasteiger partial charge in [0.05, 0.1) is 5.56 Å². The molecule has 2 aromatic carbocycles. The van der Waals surface area contributed by atoms with Gasteiger partial charge in [0.25, 0.3) is 0 Å². The van der Waals surface area contributed by atoms with Crippen LogP contribution < -0.4 is 5.32 Å². The van der Waals surface area contributed by atoms with Gasteiger partial charge >= 0.3 is 5.97 Å². The van der Waals surface area contributed by atoms with Crippen molar-refractivity contribution in [3.05, 3.63) is 70.8 Å². The Morgan fingerprint density at radius 3 is 2.46 bits per heavy atom. The Bertz CT molecular complexity index is 876. The standard InChI is InChI=1S/C22H23F2NO3/c23-16-8-9-18(19(24)13-16)22(11-3-4-12-22)14-25-20(26)10-7-15-5-1-2-6-17(15)21(27)28/h1-2,5-6,8-9,13H,3-4,7,10-12,14H2,(H,25,26)(H,27,28). The number of nitrogens with one attached hydrogen (secondary N) is 1. The van der Waals surface area contributed by atoms with E-state index in [1.165, 1.54) is 18.2 Å². The first-order valence-corrected chi connectivity index (χ1v) is 9.45. The summed E-state index contributed by atoms with van der Waals surface area (Å²) in [7, 11) is 0. The number of carbonyl (C=O) groups is 2. The average Bonchev–Trinajstić information content (AvgIpc) is 3.14. The molecule has 1 aliphatic carbocycles. The van der Waals surface area contributed by atoms with Crippen LogP contribution in [0, 0.1) is 11.6 Å². The summed E-state index contributed by atoms with van der Waals surface area (Å²) in [6, 6.07) is 10.2. The molecule has 0 heterocycles. The van der Waals surface area contributed by atoms with Crippen LogP contribution in [0.25, 0.3) is 0 Å². The van der Waals surface area contributed by atoms with E-state index in [4.69, 9.17) is 0 Å². The second-order valence-corrected chi connectivity index (χ2v) is 7.35. The Morgan fingerprint density at radius 2 is 1.79 bits per heavy atom. The van der Waals surface area contributed by atoms with E-state index in [2.05, 4.69) is 5.32 Å². The molecule has 148 valence electrons. The molecule has 0 atom stereocenters. The fourth-order valence-electron chi connectivity index (χ4n) is 4.06. The lowest BCUT2D eigenvalue weighted by Crippen LogP contribution is -2.39. The number of carbonyl (C=O) groups excluding carboxylic acids is 1. The summed E-state index contributed by atoms with van der Waals surface area (Å²) < 4.78 is 27.6. The lowest BCUT2D eigenvalue weighted by Gasteiger charge is -2.30. The Morgan fingerprint density at radius 1 is 1.07 bits per heavy atom. The number of amides is 1. The van der Waals surface area contributed by atoms with Crippen LogP contribution in [0.15, 0.2) is 42.5 Å². The van der Waals surface area contributed by atoms with Gasteiger partial charge in [-0.1, -0.05) is 37.1 Å². The van der Waals surface area contributed by atoms with Gasteiger partial charge in [-0.3, -0.25) is 4.79 Å². The minimum atomic E-state index is -1.02. The molecular weight excluding hydrogens is 364 g/mol. The summed E-state index contributed by atoms with van der Waals surface area (Å²) >= 11 is 0. The van der Waals surface area contributed by atoms with Crippen molar-refractivity contribution in [1.82, 2.24) is 5.32 Å². The molecule has 4 nitrogen and oxygen atoms in total. The van der Waals surface area contributed by atoms with Gasteiger partial charge in [0.2, 0.25) is 5.91 Å². The lowest BCUT2D eigenvalue weighted by molar-refractivity contribution is -0.121. The third-order valence-corrected chi connectivity index (χ3v) is 5.56. The summed E-state index contributed by atoms with van der Waals surface area (Å²) in [4.78, 5) is 23.6. The molecule has 0 spiro atoms. The smallest absolute Gasteiger partial charge is 0.335 e. The first kappa shape index (κ1) is 20.0. The number of rotatable bonds is 7. The second kappa shape index (κ2) is 8.50. The van der Waals surface area contributed by atoms with Crippen molar-refractivity contribution in [3.63, 3.8) is 0 Å². The van der Waals surface area contributed by atoms with Crippen LogP contribution in [0.5, 0.6) is 0 Å². The zero-order valence-electron chi connectivity index (χ0n) is 15.5. The number of benzene rings is 2. The second-order valence-electron chi connectivity index (χ2n) is 7.35. The highest BCUT2D eigenvalue weighted by atomic mass is 19.1. The first-order chi connectivity index (χ1) is 13.4. The highest BCUT2D eigenvalue weighted by molar-refractivity contribution is 5.89. The fraction of sp³-hybridized carbons (Fsp3) is 0.364. The maximum absolute atomic E-state index is 14.4. The van der Waals surface area contributed by atoms with Crippen molar-refractivity contribution in [2.75, 3.05) is 6.54 Å². The minimum Gasteiger partial charge on any atom is -0.478 e. The predicted octanol–water partition coefficient (Wildman–Crippen LogP) is 4.22. The van der Waals surface area contributed by atoms with Crippen molar-refractivity contribution < 1.29 is 23.5 Å². The van der Waals surface area contributed by atoms with Crippen LogP contribution >= 0.6 is 0 Å². The molecule has 0 bridgehead atoms. The fourth-order valence-corrected chi connectivity index (χ4v) is 4.06. The maximum atomic E-state index is 14.4. The molecule has 2 aromatic rings. The van der Waals surface area contributed by atoms with Crippen LogP contribution in [0.1, 0.15) is 53.6 Å². The van der Waals surface area contributed by atoms with E-state index in [9.17, 15) is 23.5 Å². The van der Waals surface area contributed by atoms with Crippen LogP contribution in [0.4, 0.5) is 8.78 Å². The van der Waals surface area contributed by atoms with Crippen LogP contribution in [0.2, 0.25) is 0 Å².